The molecular formula is C13H18ClNO3. The molecule has 4 nitrogen and oxygen atoms in total. The lowest BCUT2D eigenvalue weighted by molar-refractivity contribution is 0.0696. The SMILES string of the molecule is CCN(CCCl)c1c(C)cc(C(=O)O)cc1OC. The summed E-state index contributed by atoms with van der Waals surface area (Å²) in [6.07, 6.45) is 0. The molecule has 18 heavy (non-hydrogen) atoms. The van der Waals surface area contributed by atoms with Crippen molar-refractivity contribution < 1.29 is 14.6 Å². The highest BCUT2D eigenvalue weighted by atomic mass is 35.5. The number of aromatic carboxylic acids is 1. The molecule has 0 radical (unpaired) electrons. The first kappa shape index (κ1) is 14.6. The molecular weight excluding hydrogens is 254 g/mol. The second kappa shape index (κ2) is 6.50. The van der Waals surface area contributed by atoms with E-state index < -0.39 is 5.97 Å². The number of carboxylic acid groups (broad SMARTS) is 1. The summed E-state index contributed by atoms with van der Waals surface area (Å²) in [5, 5.41) is 9.03. The zero-order valence-electron chi connectivity index (χ0n) is 10.9. The first-order valence-corrected chi connectivity index (χ1v) is 6.31. The summed E-state index contributed by atoms with van der Waals surface area (Å²) in [4.78, 5) is 13.1. The second-order valence-electron chi connectivity index (χ2n) is 3.92. The van der Waals surface area contributed by atoms with Gasteiger partial charge >= 0.3 is 5.97 Å². The van der Waals surface area contributed by atoms with Crippen LogP contribution >= 0.6 is 11.6 Å². The van der Waals surface area contributed by atoms with Gasteiger partial charge in [0.25, 0.3) is 0 Å². The van der Waals surface area contributed by atoms with Crippen LogP contribution in [0.4, 0.5) is 5.69 Å². The zero-order valence-corrected chi connectivity index (χ0v) is 11.6. The molecule has 100 valence electrons. The van der Waals surface area contributed by atoms with Crippen LogP contribution in [-0.4, -0.2) is 37.2 Å². The second-order valence-corrected chi connectivity index (χ2v) is 4.30. The van der Waals surface area contributed by atoms with Crippen molar-refractivity contribution >= 4 is 23.3 Å². The Morgan fingerprint density at radius 3 is 2.61 bits per heavy atom. The Morgan fingerprint density at radius 2 is 2.17 bits per heavy atom. The van der Waals surface area contributed by atoms with Gasteiger partial charge in [0.15, 0.2) is 0 Å². The molecule has 0 amide bonds. The van der Waals surface area contributed by atoms with Crippen molar-refractivity contribution in [2.24, 2.45) is 0 Å². The molecule has 1 aromatic rings. The lowest BCUT2D eigenvalue weighted by atomic mass is 10.1. The van der Waals surface area contributed by atoms with E-state index in [4.69, 9.17) is 21.4 Å². The third-order valence-electron chi connectivity index (χ3n) is 2.78. The van der Waals surface area contributed by atoms with Gasteiger partial charge in [-0.1, -0.05) is 0 Å². The smallest absolute Gasteiger partial charge is 0.335 e. The van der Waals surface area contributed by atoms with Gasteiger partial charge in [-0.2, -0.15) is 0 Å². The average Bonchev–Trinajstić information content (AvgIpc) is 2.35. The Kier molecular flexibility index (Phi) is 5.28. The van der Waals surface area contributed by atoms with E-state index in [0.717, 1.165) is 17.8 Å². The largest absolute Gasteiger partial charge is 0.495 e. The van der Waals surface area contributed by atoms with Crippen molar-refractivity contribution in [3.05, 3.63) is 23.3 Å². The molecule has 1 aromatic carbocycles. The average molecular weight is 272 g/mol. The van der Waals surface area contributed by atoms with E-state index in [-0.39, 0.29) is 5.56 Å². The maximum Gasteiger partial charge on any atom is 0.335 e. The van der Waals surface area contributed by atoms with Crippen LogP contribution in [0.2, 0.25) is 0 Å². The molecule has 0 spiro atoms. The van der Waals surface area contributed by atoms with Gasteiger partial charge in [0, 0.05) is 19.0 Å². The highest BCUT2D eigenvalue weighted by molar-refractivity contribution is 6.18. The lowest BCUT2D eigenvalue weighted by Gasteiger charge is -2.26. The standard InChI is InChI=1S/C13H18ClNO3/c1-4-15(6-5-14)12-9(2)7-10(13(16)17)8-11(12)18-3/h7-8H,4-6H2,1-3H3,(H,16,17). The van der Waals surface area contributed by atoms with Gasteiger partial charge in [0.05, 0.1) is 18.4 Å². The van der Waals surface area contributed by atoms with Crippen LogP contribution < -0.4 is 9.64 Å². The number of halogens is 1. The Balaban J connectivity index is 3.29. The summed E-state index contributed by atoms with van der Waals surface area (Å²) in [5.41, 5.74) is 2.01. The van der Waals surface area contributed by atoms with E-state index in [9.17, 15) is 4.79 Å². The molecule has 5 heteroatoms. The molecule has 0 heterocycles. The minimum atomic E-state index is -0.955. The number of aryl methyl sites for hydroxylation is 1. The third kappa shape index (κ3) is 3.07. The molecule has 0 aliphatic heterocycles. The number of ether oxygens (including phenoxy) is 1. The van der Waals surface area contributed by atoms with Crippen LogP contribution in [0.3, 0.4) is 0 Å². The number of nitrogens with zero attached hydrogens (tertiary/aromatic N) is 1. The Bertz CT molecular complexity index is 434. The first-order valence-electron chi connectivity index (χ1n) is 5.78. The molecule has 1 N–H and O–H groups in total. The fraction of sp³-hybridized carbons (Fsp3) is 0.462. The number of methoxy groups -OCH3 is 1. The number of alkyl halides is 1. The number of anilines is 1. The van der Waals surface area contributed by atoms with E-state index >= 15 is 0 Å². The molecule has 1 rings (SSSR count). The molecule has 0 atom stereocenters. The van der Waals surface area contributed by atoms with Crippen LogP contribution in [0.5, 0.6) is 5.75 Å². The van der Waals surface area contributed by atoms with Gasteiger partial charge in [-0.15, -0.1) is 11.6 Å². The van der Waals surface area contributed by atoms with Crippen molar-refractivity contribution in [1.82, 2.24) is 0 Å². The van der Waals surface area contributed by atoms with E-state index in [1.54, 1.807) is 19.2 Å². The lowest BCUT2D eigenvalue weighted by Crippen LogP contribution is -2.26. The van der Waals surface area contributed by atoms with Gasteiger partial charge in [0.2, 0.25) is 0 Å². The Morgan fingerprint density at radius 1 is 1.50 bits per heavy atom. The van der Waals surface area contributed by atoms with Crippen molar-refractivity contribution in [3.63, 3.8) is 0 Å². The van der Waals surface area contributed by atoms with Crippen molar-refractivity contribution in [2.45, 2.75) is 13.8 Å². The zero-order chi connectivity index (χ0) is 13.7. The molecule has 0 fully saturated rings. The van der Waals surface area contributed by atoms with Crippen molar-refractivity contribution in [3.8, 4) is 5.75 Å². The summed E-state index contributed by atoms with van der Waals surface area (Å²) in [6.45, 7) is 5.38. The topological polar surface area (TPSA) is 49.8 Å². The monoisotopic (exact) mass is 271 g/mol. The Hall–Kier alpha value is -1.42. The number of benzene rings is 1. The predicted molar refractivity (Wildman–Crippen MR) is 73.3 cm³/mol. The molecule has 0 aliphatic carbocycles. The summed E-state index contributed by atoms with van der Waals surface area (Å²) >= 11 is 5.78. The fourth-order valence-corrected chi connectivity index (χ4v) is 2.17. The van der Waals surface area contributed by atoms with E-state index in [0.29, 0.717) is 18.2 Å². The van der Waals surface area contributed by atoms with Gasteiger partial charge in [0.1, 0.15) is 5.75 Å². The van der Waals surface area contributed by atoms with Crippen LogP contribution in [0.25, 0.3) is 0 Å². The number of hydrogen-bond acceptors (Lipinski definition) is 3. The van der Waals surface area contributed by atoms with Gasteiger partial charge in [-0.3, -0.25) is 0 Å². The molecule has 0 unspecified atom stereocenters. The van der Waals surface area contributed by atoms with E-state index in [2.05, 4.69) is 4.90 Å². The predicted octanol–water partition coefficient (Wildman–Crippen LogP) is 2.77. The minimum absolute atomic E-state index is 0.232. The van der Waals surface area contributed by atoms with Gasteiger partial charge < -0.3 is 14.7 Å². The molecule has 0 saturated heterocycles. The van der Waals surface area contributed by atoms with Gasteiger partial charge in [-0.25, -0.2) is 4.79 Å². The van der Waals surface area contributed by atoms with Crippen molar-refractivity contribution in [1.29, 1.82) is 0 Å². The first-order chi connectivity index (χ1) is 8.54. The maximum absolute atomic E-state index is 11.0. The molecule has 0 bridgehead atoms. The summed E-state index contributed by atoms with van der Waals surface area (Å²) in [5.74, 6) is 0.125. The Labute approximate surface area is 112 Å². The van der Waals surface area contributed by atoms with Crippen LogP contribution in [0.15, 0.2) is 12.1 Å². The number of hydrogen-bond donors (Lipinski definition) is 1. The van der Waals surface area contributed by atoms with E-state index in [1.807, 2.05) is 13.8 Å². The fourth-order valence-electron chi connectivity index (χ4n) is 1.96. The molecule has 0 aromatic heterocycles. The highest BCUT2D eigenvalue weighted by Crippen LogP contribution is 2.33. The number of rotatable bonds is 6. The van der Waals surface area contributed by atoms with E-state index in [1.165, 1.54) is 0 Å². The quantitative estimate of drug-likeness (QED) is 0.809. The number of carboxylic acids is 1. The normalized spacial score (nSPS) is 10.2. The minimum Gasteiger partial charge on any atom is -0.495 e. The number of carbonyl (C=O) groups is 1. The third-order valence-corrected chi connectivity index (χ3v) is 2.95. The molecule has 0 aliphatic rings. The maximum atomic E-state index is 11.0. The van der Waals surface area contributed by atoms with Crippen LogP contribution in [0, 0.1) is 6.92 Å². The van der Waals surface area contributed by atoms with Crippen molar-refractivity contribution in [2.75, 3.05) is 31.0 Å². The summed E-state index contributed by atoms with van der Waals surface area (Å²) in [7, 11) is 1.54. The highest BCUT2D eigenvalue weighted by Gasteiger charge is 2.16. The molecule has 0 saturated carbocycles. The summed E-state index contributed by atoms with van der Waals surface area (Å²) < 4.78 is 5.30. The van der Waals surface area contributed by atoms with Crippen LogP contribution in [-0.2, 0) is 0 Å². The van der Waals surface area contributed by atoms with Crippen LogP contribution in [0.1, 0.15) is 22.8 Å². The summed E-state index contributed by atoms with van der Waals surface area (Å²) in [6, 6.07) is 3.19. The van der Waals surface area contributed by atoms with Gasteiger partial charge in [-0.05, 0) is 31.5 Å².